The number of carbonyl (C=O) groups excluding carboxylic acids is 1. The number of rotatable bonds is 4. The topological polar surface area (TPSA) is 56.1 Å². The first-order valence-corrected chi connectivity index (χ1v) is 5.49. The number of amides is 1. The molecule has 84 valence electrons. The molecule has 0 spiro atoms. The van der Waals surface area contributed by atoms with E-state index in [4.69, 9.17) is 5.26 Å². The van der Waals surface area contributed by atoms with Crippen LogP contribution in [-0.4, -0.2) is 36.0 Å². The van der Waals surface area contributed by atoms with E-state index < -0.39 is 5.54 Å². The zero-order valence-corrected chi connectivity index (χ0v) is 9.55. The van der Waals surface area contributed by atoms with Crippen molar-refractivity contribution >= 4 is 5.91 Å². The number of hydrogen-bond acceptors (Lipinski definition) is 3. The molecule has 0 atom stereocenters. The first-order valence-electron chi connectivity index (χ1n) is 5.49. The Morgan fingerprint density at radius 3 is 2.93 bits per heavy atom. The fourth-order valence-electron chi connectivity index (χ4n) is 1.80. The molecule has 0 saturated carbocycles. The molecule has 1 heterocycles. The second-order valence-electron chi connectivity index (χ2n) is 4.46. The highest BCUT2D eigenvalue weighted by molar-refractivity contribution is 5.86. The minimum Gasteiger partial charge on any atom is -0.340 e. The lowest BCUT2D eigenvalue weighted by atomic mass is 10.0. The van der Waals surface area contributed by atoms with E-state index in [9.17, 15) is 4.79 Å². The number of piperazine rings is 1. The molecule has 0 aromatic heterocycles. The van der Waals surface area contributed by atoms with Crippen LogP contribution in [0.3, 0.4) is 0 Å². The van der Waals surface area contributed by atoms with E-state index in [1.54, 1.807) is 0 Å². The van der Waals surface area contributed by atoms with Crippen molar-refractivity contribution in [1.82, 2.24) is 10.2 Å². The maximum atomic E-state index is 11.9. The van der Waals surface area contributed by atoms with Gasteiger partial charge < -0.3 is 10.2 Å². The Balaban J connectivity index is 2.35. The van der Waals surface area contributed by atoms with Crippen LogP contribution in [0.1, 0.15) is 33.1 Å². The van der Waals surface area contributed by atoms with Crippen LogP contribution in [0.2, 0.25) is 0 Å². The summed E-state index contributed by atoms with van der Waals surface area (Å²) in [6.07, 6.45) is 2.40. The first kappa shape index (κ1) is 12.0. The van der Waals surface area contributed by atoms with Crippen molar-refractivity contribution in [3.05, 3.63) is 0 Å². The van der Waals surface area contributed by atoms with Gasteiger partial charge in [-0.3, -0.25) is 4.79 Å². The minimum atomic E-state index is -0.423. The third kappa shape index (κ3) is 3.21. The molecular weight excluding hydrogens is 190 g/mol. The highest BCUT2D eigenvalue weighted by atomic mass is 16.2. The van der Waals surface area contributed by atoms with E-state index in [1.165, 1.54) is 0 Å². The smallest absolute Gasteiger partial charge is 0.242 e. The van der Waals surface area contributed by atoms with Crippen LogP contribution in [0, 0.1) is 11.3 Å². The van der Waals surface area contributed by atoms with Crippen molar-refractivity contribution in [1.29, 1.82) is 5.26 Å². The molecule has 4 nitrogen and oxygen atoms in total. The lowest BCUT2D eigenvalue weighted by Gasteiger charge is -2.38. The average molecular weight is 209 g/mol. The minimum absolute atomic E-state index is 0.172. The lowest BCUT2D eigenvalue weighted by Crippen LogP contribution is -2.61. The second-order valence-corrected chi connectivity index (χ2v) is 4.46. The highest BCUT2D eigenvalue weighted by Gasteiger charge is 2.34. The van der Waals surface area contributed by atoms with Crippen molar-refractivity contribution in [3.8, 4) is 6.07 Å². The number of nitriles is 1. The summed E-state index contributed by atoms with van der Waals surface area (Å²) in [5.41, 5.74) is -0.423. The van der Waals surface area contributed by atoms with Crippen LogP contribution in [0.25, 0.3) is 0 Å². The van der Waals surface area contributed by atoms with Gasteiger partial charge in [-0.1, -0.05) is 0 Å². The molecule has 1 saturated heterocycles. The van der Waals surface area contributed by atoms with E-state index >= 15 is 0 Å². The van der Waals surface area contributed by atoms with E-state index in [2.05, 4.69) is 11.4 Å². The van der Waals surface area contributed by atoms with Gasteiger partial charge in [0.15, 0.2) is 0 Å². The molecule has 0 unspecified atom stereocenters. The van der Waals surface area contributed by atoms with Crippen LogP contribution < -0.4 is 5.32 Å². The van der Waals surface area contributed by atoms with Gasteiger partial charge in [0.05, 0.1) is 11.6 Å². The summed E-state index contributed by atoms with van der Waals surface area (Å²) in [5.74, 6) is 0.172. The molecule has 1 aliphatic rings. The summed E-state index contributed by atoms with van der Waals surface area (Å²) in [4.78, 5) is 13.8. The quantitative estimate of drug-likeness (QED) is 0.700. The molecule has 0 radical (unpaired) electrons. The van der Waals surface area contributed by atoms with Crippen LogP contribution in [-0.2, 0) is 4.79 Å². The van der Waals surface area contributed by atoms with E-state index in [0.717, 1.165) is 32.5 Å². The molecule has 4 heteroatoms. The van der Waals surface area contributed by atoms with Crippen molar-refractivity contribution in [2.45, 2.75) is 38.6 Å². The molecule has 0 aliphatic carbocycles. The molecule has 1 amide bonds. The average Bonchev–Trinajstić information content (AvgIpc) is 2.19. The maximum Gasteiger partial charge on any atom is 0.242 e. The fourth-order valence-corrected chi connectivity index (χ4v) is 1.80. The summed E-state index contributed by atoms with van der Waals surface area (Å²) in [6, 6.07) is 2.12. The SMILES string of the molecule is CC1(C)NCCN(CCCCC#N)C1=O. The fraction of sp³-hybridized carbons (Fsp3) is 0.818. The van der Waals surface area contributed by atoms with Gasteiger partial charge in [0.25, 0.3) is 0 Å². The van der Waals surface area contributed by atoms with Crippen molar-refractivity contribution in [3.63, 3.8) is 0 Å². The van der Waals surface area contributed by atoms with Crippen LogP contribution >= 0.6 is 0 Å². The van der Waals surface area contributed by atoms with Crippen LogP contribution in [0.4, 0.5) is 0 Å². The third-order valence-electron chi connectivity index (χ3n) is 2.74. The van der Waals surface area contributed by atoms with Gasteiger partial charge in [-0.15, -0.1) is 0 Å². The molecule has 1 rings (SSSR count). The summed E-state index contributed by atoms with van der Waals surface area (Å²) >= 11 is 0. The molecule has 1 N–H and O–H groups in total. The zero-order chi connectivity index (χ0) is 11.3. The summed E-state index contributed by atoms with van der Waals surface area (Å²) in [7, 11) is 0. The Labute approximate surface area is 91.2 Å². The lowest BCUT2D eigenvalue weighted by molar-refractivity contribution is -0.139. The summed E-state index contributed by atoms with van der Waals surface area (Å²) in [6.45, 7) is 6.25. The molecular formula is C11H19N3O. The van der Waals surface area contributed by atoms with E-state index in [0.29, 0.717) is 6.42 Å². The molecule has 1 fully saturated rings. The van der Waals surface area contributed by atoms with Crippen molar-refractivity contribution in [2.24, 2.45) is 0 Å². The predicted molar refractivity (Wildman–Crippen MR) is 58.1 cm³/mol. The molecule has 15 heavy (non-hydrogen) atoms. The van der Waals surface area contributed by atoms with Gasteiger partial charge in [0.2, 0.25) is 5.91 Å². The Bertz CT molecular complexity index is 267. The van der Waals surface area contributed by atoms with Gasteiger partial charge in [0.1, 0.15) is 0 Å². The molecule has 1 aliphatic heterocycles. The maximum absolute atomic E-state index is 11.9. The van der Waals surface area contributed by atoms with Gasteiger partial charge in [-0.2, -0.15) is 5.26 Å². The number of hydrogen-bond donors (Lipinski definition) is 1. The van der Waals surface area contributed by atoms with Gasteiger partial charge in [-0.25, -0.2) is 0 Å². The number of unbranched alkanes of at least 4 members (excludes halogenated alkanes) is 2. The normalized spacial score (nSPS) is 20.1. The zero-order valence-electron chi connectivity index (χ0n) is 9.55. The Morgan fingerprint density at radius 1 is 1.53 bits per heavy atom. The molecule has 0 aromatic carbocycles. The van der Waals surface area contributed by atoms with E-state index in [-0.39, 0.29) is 5.91 Å². The number of nitrogens with one attached hydrogen (secondary N) is 1. The molecule has 0 aromatic rings. The van der Waals surface area contributed by atoms with Gasteiger partial charge >= 0.3 is 0 Å². The number of nitrogens with zero attached hydrogens (tertiary/aromatic N) is 2. The Morgan fingerprint density at radius 2 is 2.27 bits per heavy atom. The predicted octanol–water partition coefficient (Wildman–Crippen LogP) is 0.891. The van der Waals surface area contributed by atoms with Crippen LogP contribution in [0.5, 0.6) is 0 Å². The highest BCUT2D eigenvalue weighted by Crippen LogP contribution is 2.13. The first-order chi connectivity index (χ1) is 7.08. The third-order valence-corrected chi connectivity index (χ3v) is 2.74. The van der Waals surface area contributed by atoms with Gasteiger partial charge in [0, 0.05) is 26.1 Å². The van der Waals surface area contributed by atoms with Crippen LogP contribution in [0.15, 0.2) is 0 Å². The monoisotopic (exact) mass is 209 g/mol. The van der Waals surface area contributed by atoms with E-state index in [1.807, 2.05) is 18.7 Å². The molecule has 0 bridgehead atoms. The Kier molecular flexibility index (Phi) is 4.10. The Hall–Kier alpha value is -1.08. The van der Waals surface area contributed by atoms with Crippen molar-refractivity contribution in [2.75, 3.05) is 19.6 Å². The number of carbonyl (C=O) groups is 1. The van der Waals surface area contributed by atoms with Gasteiger partial charge in [-0.05, 0) is 26.7 Å². The summed E-state index contributed by atoms with van der Waals surface area (Å²) < 4.78 is 0. The standard InChI is InChI=1S/C11H19N3O/c1-11(2)10(15)14(9-7-13-11)8-5-3-4-6-12/h13H,3-5,7-9H2,1-2H3. The largest absolute Gasteiger partial charge is 0.340 e. The van der Waals surface area contributed by atoms with Crippen molar-refractivity contribution < 1.29 is 4.79 Å². The summed E-state index contributed by atoms with van der Waals surface area (Å²) in [5, 5.41) is 11.6. The second kappa shape index (κ2) is 5.13.